The molecule has 102 valence electrons. The summed E-state index contributed by atoms with van der Waals surface area (Å²) in [5, 5.41) is 6.68. The summed E-state index contributed by atoms with van der Waals surface area (Å²) in [6, 6.07) is 0. The zero-order chi connectivity index (χ0) is 13.6. The molecular formula is C12H23N5O. The van der Waals surface area contributed by atoms with Gasteiger partial charge in [-0.1, -0.05) is 31.8 Å². The molecule has 2 unspecified atom stereocenters. The summed E-state index contributed by atoms with van der Waals surface area (Å²) in [6.07, 6.45) is 3.74. The van der Waals surface area contributed by atoms with Crippen molar-refractivity contribution in [3.8, 4) is 0 Å². The zero-order valence-corrected chi connectivity index (χ0v) is 11.2. The number of carbonyl (C=O) groups is 1. The van der Waals surface area contributed by atoms with Crippen molar-refractivity contribution in [2.24, 2.45) is 22.7 Å². The molecule has 3 N–H and O–H groups in total. The van der Waals surface area contributed by atoms with E-state index in [0.29, 0.717) is 24.9 Å². The number of rotatable bonds is 6. The fourth-order valence-corrected chi connectivity index (χ4v) is 2.75. The van der Waals surface area contributed by atoms with Gasteiger partial charge in [-0.15, -0.1) is 0 Å². The Kier molecular flexibility index (Phi) is 5.44. The molecule has 1 rings (SSSR count). The van der Waals surface area contributed by atoms with Gasteiger partial charge < -0.3 is 11.1 Å². The van der Waals surface area contributed by atoms with Crippen molar-refractivity contribution >= 4 is 5.91 Å². The number of nitrogens with two attached hydrogens (primary N) is 1. The molecule has 1 amide bonds. The van der Waals surface area contributed by atoms with Gasteiger partial charge in [0, 0.05) is 18.0 Å². The van der Waals surface area contributed by atoms with Crippen LogP contribution in [0.4, 0.5) is 0 Å². The third kappa shape index (κ3) is 3.62. The minimum absolute atomic E-state index is 0.284. The van der Waals surface area contributed by atoms with Gasteiger partial charge in [0.25, 0.3) is 0 Å². The van der Waals surface area contributed by atoms with Crippen molar-refractivity contribution in [2.75, 3.05) is 13.1 Å². The Hall–Kier alpha value is -1.26. The van der Waals surface area contributed by atoms with Gasteiger partial charge in [-0.05, 0) is 30.2 Å². The highest BCUT2D eigenvalue weighted by atomic mass is 16.1. The quantitative estimate of drug-likeness (QED) is 0.327. The van der Waals surface area contributed by atoms with E-state index < -0.39 is 5.54 Å². The molecule has 1 aliphatic carbocycles. The second-order valence-electron chi connectivity index (χ2n) is 5.43. The Bertz CT molecular complexity index is 337. The molecule has 0 aromatic rings. The predicted octanol–water partition coefficient (Wildman–Crippen LogP) is 1.96. The highest BCUT2D eigenvalue weighted by Gasteiger charge is 2.41. The van der Waals surface area contributed by atoms with E-state index in [-0.39, 0.29) is 5.91 Å². The largest absolute Gasteiger partial charge is 0.368 e. The summed E-state index contributed by atoms with van der Waals surface area (Å²) < 4.78 is 0. The van der Waals surface area contributed by atoms with Gasteiger partial charge in [-0.2, -0.15) is 0 Å². The lowest BCUT2D eigenvalue weighted by Crippen LogP contribution is -2.58. The topological polar surface area (TPSA) is 104 Å². The monoisotopic (exact) mass is 253 g/mol. The Morgan fingerprint density at radius 3 is 2.94 bits per heavy atom. The minimum Gasteiger partial charge on any atom is -0.368 e. The Balaban J connectivity index is 2.67. The molecule has 0 bridgehead atoms. The van der Waals surface area contributed by atoms with E-state index in [1.165, 1.54) is 0 Å². The van der Waals surface area contributed by atoms with E-state index >= 15 is 0 Å². The molecule has 6 nitrogen and oxygen atoms in total. The fourth-order valence-electron chi connectivity index (χ4n) is 2.75. The van der Waals surface area contributed by atoms with Crippen molar-refractivity contribution in [1.29, 1.82) is 0 Å². The first-order valence-electron chi connectivity index (χ1n) is 6.57. The van der Waals surface area contributed by atoms with Crippen LogP contribution in [0.2, 0.25) is 0 Å². The van der Waals surface area contributed by atoms with Gasteiger partial charge in [0.15, 0.2) is 0 Å². The van der Waals surface area contributed by atoms with Gasteiger partial charge in [-0.25, -0.2) is 0 Å². The average molecular weight is 253 g/mol. The Labute approximate surface area is 108 Å². The molecule has 18 heavy (non-hydrogen) atoms. The van der Waals surface area contributed by atoms with Crippen LogP contribution in [0.3, 0.4) is 0 Å². The predicted molar refractivity (Wildman–Crippen MR) is 70.7 cm³/mol. The van der Waals surface area contributed by atoms with Crippen molar-refractivity contribution in [1.82, 2.24) is 5.32 Å². The van der Waals surface area contributed by atoms with Crippen LogP contribution in [-0.4, -0.2) is 24.5 Å². The summed E-state index contributed by atoms with van der Waals surface area (Å²) >= 11 is 0. The Morgan fingerprint density at radius 1 is 1.67 bits per heavy atom. The standard InChI is InChI=1S/C12H23N5O/c1-9(2)10-4-3-5-12(8-10,11(13)18)15-6-7-16-17-14/h9-10,15H,3-8H2,1-2H3,(H2,13,18). The first kappa shape index (κ1) is 14.8. The van der Waals surface area contributed by atoms with E-state index in [2.05, 4.69) is 29.2 Å². The van der Waals surface area contributed by atoms with E-state index in [0.717, 1.165) is 25.7 Å². The molecule has 1 saturated carbocycles. The fraction of sp³-hybridized carbons (Fsp3) is 0.917. The van der Waals surface area contributed by atoms with Crippen LogP contribution in [0.5, 0.6) is 0 Å². The third-order valence-electron chi connectivity index (χ3n) is 3.94. The lowest BCUT2D eigenvalue weighted by atomic mass is 9.71. The maximum Gasteiger partial charge on any atom is 0.237 e. The molecule has 0 aromatic heterocycles. The summed E-state index contributed by atoms with van der Waals surface area (Å²) in [7, 11) is 0. The van der Waals surface area contributed by atoms with Crippen LogP contribution in [-0.2, 0) is 4.79 Å². The maximum atomic E-state index is 11.8. The SMILES string of the molecule is CC(C)C1CCCC(NCCN=[N+]=[N-])(C(N)=O)C1. The van der Waals surface area contributed by atoms with Crippen LogP contribution in [0.15, 0.2) is 5.11 Å². The molecule has 0 heterocycles. The van der Waals surface area contributed by atoms with Crippen molar-refractivity contribution in [2.45, 2.75) is 45.1 Å². The summed E-state index contributed by atoms with van der Waals surface area (Å²) in [5.41, 5.74) is 13.2. The van der Waals surface area contributed by atoms with Crippen LogP contribution < -0.4 is 11.1 Å². The second-order valence-corrected chi connectivity index (χ2v) is 5.43. The smallest absolute Gasteiger partial charge is 0.237 e. The molecule has 6 heteroatoms. The van der Waals surface area contributed by atoms with Crippen molar-refractivity contribution < 1.29 is 4.79 Å². The number of hydrogen-bond donors (Lipinski definition) is 2. The first-order chi connectivity index (χ1) is 8.52. The lowest BCUT2D eigenvalue weighted by Gasteiger charge is -2.40. The van der Waals surface area contributed by atoms with E-state index in [1.54, 1.807) is 0 Å². The first-order valence-corrected chi connectivity index (χ1v) is 6.57. The highest BCUT2D eigenvalue weighted by Crippen LogP contribution is 2.36. The van der Waals surface area contributed by atoms with E-state index in [1.807, 2.05) is 0 Å². The molecule has 0 spiro atoms. The normalized spacial score (nSPS) is 27.8. The van der Waals surface area contributed by atoms with Crippen LogP contribution >= 0.6 is 0 Å². The van der Waals surface area contributed by atoms with Crippen molar-refractivity contribution in [3.63, 3.8) is 0 Å². The van der Waals surface area contributed by atoms with Gasteiger partial charge in [-0.3, -0.25) is 4.79 Å². The zero-order valence-electron chi connectivity index (χ0n) is 11.2. The number of carbonyl (C=O) groups excluding carboxylic acids is 1. The van der Waals surface area contributed by atoms with Gasteiger partial charge in [0.2, 0.25) is 5.91 Å². The number of primary amides is 1. The molecule has 1 fully saturated rings. The molecule has 0 aromatic carbocycles. The second kappa shape index (κ2) is 6.61. The summed E-state index contributed by atoms with van der Waals surface area (Å²) in [6.45, 7) is 5.21. The molecule has 0 aliphatic heterocycles. The Morgan fingerprint density at radius 2 is 2.39 bits per heavy atom. The minimum atomic E-state index is -0.613. The van der Waals surface area contributed by atoms with Crippen LogP contribution in [0.1, 0.15) is 39.5 Å². The number of nitrogens with zero attached hydrogens (tertiary/aromatic N) is 3. The average Bonchev–Trinajstić information content (AvgIpc) is 2.35. The van der Waals surface area contributed by atoms with E-state index in [4.69, 9.17) is 11.3 Å². The van der Waals surface area contributed by atoms with E-state index in [9.17, 15) is 4.79 Å². The number of nitrogens with one attached hydrogen (secondary N) is 1. The molecule has 0 radical (unpaired) electrons. The van der Waals surface area contributed by atoms with Crippen LogP contribution in [0.25, 0.3) is 10.4 Å². The molecular weight excluding hydrogens is 230 g/mol. The lowest BCUT2D eigenvalue weighted by molar-refractivity contribution is -0.126. The number of amides is 1. The van der Waals surface area contributed by atoms with Gasteiger partial charge in [0.1, 0.15) is 0 Å². The van der Waals surface area contributed by atoms with Gasteiger partial charge in [0.05, 0.1) is 5.54 Å². The molecule has 1 aliphatic rings. The van der Waals surface area contributed by atoms with Crippen LogP contribution in [0, 0.1) is 11.8 Å². The maximum absolute atomic E-state index is 11.8. The molecule has 0 saturated heterocycles. The molecule has 2 atom stereocenters. The van der Waals surface area contributed by atoms with Crippen molar-refractivity contribution in [3.05, 3.63) is 10.4 Å². The highest BCUT2D eigenvalue weighted by molar-refractivity contribution is 5.84. The number of azide groups is 1. The third-order valence-corrected chi connectivity index (χ3v) is 3.94. The number of hydrogen-bond acceptors (Lipinski definition) is 3. The summed E-state index contributed by atoms with van der Waals surface area (Å²) in [5.74, 6) is 0.801. The summed E-state index contributed by atoms with van der Waals surface area (Å²) in [4.78, 5) is 14.5. The van der Waals surface area contributed by atoms with Gasteiger partial charge >= 0.3 is 0 Å².